The minimum Gasteiger partial charge on any atom is -0.342 e. The van der Waals surface area contributed by atoms with Gasteiger partial charge in [-0.2, -0.15) is 11.8 Å². The standard InChI is InChI=1S/C9H17NOS/c1-10(9(11)7-12-2)8-5-3-4-6-8/h8H,3-7H2,1-2H3. The van der Waals surface area contributed by atoms with Crippen LogP contribution in [0.4, 0.5) is 0 Å². The Labute approximate surface area is 78.7 Å². The van der Waals surface area contributed by atoms with E-state index in [-0.39, 0.29) is 5.91 Å². The van der Waals surface area contributed by atoms with Gasteiger partial charge in [0.05, 0.1) is 5.75 Å². The van der Waals surface area contributed by atoms with Crippen LogP contribution < -0.4 is 0 Å². The molecule has 3 heteroatoms. The number of amides is 1. The molecule has 0 heterocycles. The van der Waals surface area contributed by atoms with Gasteiger partial charge in [0.1, 0.15) is 0 Å². The molecule has 0 aromatic carbocycles. The summed E-state index contributed by atoms with van der Waals surface area (Å²) in [6.07, 6.45) is 6.97. The van der Waals surface area contributed by atoms with Crippen molar-refractivity contribution in [3.05, 3.63) is 0 Å². The second-order valence-corrected chi connectivity index (χ2v) is 4.24. The third-order valence-corrected chi connectivity index (χ3v) is 3.07. The predicted molar refractivity (Wildman–Crippen MR) is 53.4 cm³/mol. The topological polar surface area (TPSA) is 20.3 Å². The smallest absolute Gasteiger partial charge is 0.232 e. The summed E-state index contributed by atoms with van der Waals surface area (Å²) in [6.45, 7) is 0. The molecule has 0 aromatic rings. The quantitative estimate of drug-likeness (QED) is 0.671. The number of thioether (sulfide) groups is 1. The molecule has 0 atom stereocenters. The van der Waals surface area contributed by atoms with E-state index in [1.807, 2.05) is 18.2 Å². The predicted octanol–water partition coefficient (Wildman–Crippen LogP) is 1.75. The van der Waals surface area contributed by atoms with E-state index in [1.165, 1.54) is 25.7 Å². The lowest BCUT2D eigenvalue weighted by Crippen LogP contribution is -2.36. The number of carbonyl (C=O) groups excluding carboxylic acids is 1. The van der Waals surface area contributed by atoms with Gasteiger partial charge in [-0.25, -0.2) is 0 Å². The van der Waals surface area contributed by atoms with Crippen LogP contribution in [-0.4, -0.2) is 35.9 Å². The van der Waals surface area contributed by atoms with Gasteiger partial charge >= 0.3 is 0 Å². The first-order chi connectivity index (χ1) is 5.75. The fourth-order valence-corrected chi connectivity index (χ4v) is 2.17. The first-order valence-corrected chi connectivity index (χ1v) is 5.89. The zero-order chi connectivity index (χ0) is 8.97. The molecule has 0 saturated heterocycles. The average Bonchev–Trinajstić information content (AvgIpc) is 2.55. The number of rotatable bonds is 3. The molecule has 12 heavy (non-hydrogen) atoms. The van der Waals surface area contributed by atoms with Gasteiger partial charge in [-0.15, -0.1) is 0 Å². The lowest BCUT2D eigenvalue weighted by atomic mass is 10.2. The highest BCUT2D eigenvalue weighted by molar-refractivity contribution is 7.99. The van der Waals surface area contributed by atoms with Crippen LogP contribution in [0.2, 0.25) is 0 Å². The van der Waals surface area contributed by atoms with Crippen LogP contribution in [0.5, 0.6) is 0 Å². The van der Waals surface area contributed by atoms with Gasteiger partial charge in [0, 0.05) is 13.1 Å². The molecule has 1 fully saturated rings. The lowest BCUT2D eigenvalue weighted by Gasteiger charge is -2.23. The van der Waals surface area contributed by atoms with Crippen LogP contribution in [0.3, 0.4) is 0 Å². The monoisotopic (exact) mass is 187 g/mol. The first kappa shape index (κ1) is 9.90. The highest BCUT2D eigenvalue weighted by Crippen LogP contribution is 2.22. The summed E-state index contributed by atoms with van der Waals surface area (Å²) in [6, 6.07) is 0.532. The summed E-state index contributed by atoms with van der Waals surface area (Å²) >= 11 is 1.61. The molecule has 0 aromatic heterocycles. The van der Waals surface area contributed by atoms with Crippen LogP contribution in [0.15, 0.2) is 0 Å². The van der Waals surface area contributed by atoms with Gasteiger partial charge in [-0.1, -0.05) is 12.8 Å². The highest BCUT2D eigenvalue weighted by Gasteiger charge is 2.22. The van der Waals surface area contributed by atoms with Gasteiger partial charge < -0.3 is 4.90 Å². The summed E-state index contributed by atoms with van der Waals surface area (Å²) in [7, 11) is 1.94. The van der Waals surface area contributed by atoms with Gasteiger partial charge in [0.2, 0.25) is 5.91 Å². The van der Waals surface area contributed by atoms with Crippen molar-refractivity contribution in [2.45, 2.75) is 31.7 Å². The molecule has 1 aliphatic rings. The molecule has 0 unspecified atom stereocenters. The van der Waals surface area contributed by atoms with E-state index in [1.54, 1.807) is 11.8 Å². The molecule has 1 aliphatic carbocycles. The van der Waals surface area contributed by atoms with Crippen molar-refractivity contribution in [1.82, 2.24) is 4.90 Å². The highest BCUT2D eigenvalue weighted by atomic mass is 32.2. The fourth-order valence-electron chi connectivity index (χ4n) is 1.72. The van der Waals surface area contributed by atoms with Gasteiger partial charge in [0.25, 0.3) is 0 Å². The fraction of sp³-hybridized carbons (Fsp3) is 0.889. The Balaban J connectivity index is 2.34. The molecule has 0 bridgehead atoms. The Hall–Kier alpha value is -0.180. The molecule has 0 radical (unpaired) electrons. The van der Waals surface area contributed by atoms with E-state index in [4.69, 9.17) is 0 Å². The van der Waals surface area contributed by atoms with Crippen molar-refractivity contribution in [3.63, 3.8) is 0 Å². The van der Waals surface area contributed by atoms with Crippen molar-refractivity contribution in [2.24, 2.45) is 0 Å². The second-order valence-electron chi connectivity index (χ2n) is 3.38. The average molecular weight is 187 g/mol. The Morgan fingerprint density at radius 1 is 1.50 bits per heavy atom. The third-order valence-electron chi connectivity index (χ3n) is 2.53. The second kappa shape index (κ2) is 4.75. The summed E-state index contributed by atoms with van der Waals surface area (Å²) in [5.74, 6) is 0.918. The molecule has 70 valence electrons. The normalized spacial score (nSPS) is 18.2. The molecule has 2 nitrogen and oxygen atoms in total. The van der Waals surface area contributed by atoms with Crippen molar-refractivity contribution in [2.75, 3.05) is 19.1 Å². The number of nitrogens with zero attached hydrogens (tertiary/aromatic N) is 1. The molecular weight excluding hydrogens is 170 g/mol. The minimum atomic E-state index is 0.286. The molecule has 0 N–H and O–H groups in total. The van der Waals surface area contributed by atoms with Gasteiger partial charge in [-0.3, -0.25) is 4.79 Å². The Kier molecular flexibility index (Phi) is 3.92. The molecule has 1 rings (SSSR count). The maximum atomic E-state index is 11.4. The van der Waals surface area contributed by atoms with E-state index in [2.05, 4.69) is 0 Å². The first-order valence-electron chi connectivity index (χ1n) is 4.50. The van der Waals surface area contributed by atoms with Gasteiger partial charge in [-0.05, 0) is 19.1 Å². The van der Waals surface area contributed by atoms with Crippen molar-refractivity contribution in [3.8, 4) is 0 Å². The maximum absolute atomic E-state index is 11.4. The Bertz CT molecular complexity index is 155. The molecule has 1 saturated carbocycles. The van der Waals surface area contributed by atoms with E-state index < -0.39 is 0 Å². The summed E-state index contributed by atoms with van der Waals surface area (Å²) < 4.78 is 0. The third kappa shape index (κ3) is 2.41. The SMILES string of the molecule is CSCC(=O)N(C)C1CCCC1. The number of hydrogen-bond acceptors (Lipinski definition) is 2. The molecule has 0 aliphatic heterocycles. The lowest BCUT2D eigenvalue weighted by molar-refractivity contribution is -0.129. The van der Waals surface area contributed by atoms with Crippen LogP contribution in [0.25, 0.3) is 0 Å². The van der Waals surface area contributed by atoms with Crippen LogP contribution >= 0.6 is 11.8 Å². The van der Waals surface area contributed by atoms with E-state index >= 15 is 0 Å². The summed E-state index contributed by atoms with van der Waals surface area (Å²) in [5, 5.41) is 0. The van der Waals surface area contributed by atoms with Gasteiger partial charge in [0.15, 0.2) is 0 Å². The van der Waals surface area contributed by atoms with Crippen LogP contribution in [-0.2, 0) is 4.79 Å². The van der Waals surface area contributed by atoms with E-state index in [0.29, 0.717) is 11.8 Å². The molecule has 0 spiro atoms. The summed E-state index contributed by atoms with van der Waals surface area (Å²) in [5.41, 5.74) is 0. The Morgan fingerprint density at radius 3 is 2.58 bits per heavy atom. The maximum Gasteiger partial charge on any atom is 0.232 e. The van der Waals surface area contributed by atoms with E-state index in [9.17, 15) is 4.79 Å². The zero-order valence-electron chi connectivity index (χ0n) is 7.88. The number of hydrogen-bond donors (Lipinski definition) is 0. The van der Waals surface area contributed by atoms with Crippen molar-refractivity contribution >= 4 is 17.7 Å². The van der Waals surface area contributed by atoms with Crippen LogP contribution in [0, 0.1) is 0 Å². The number of carbonyl (C=O) groups is 1. The van der Waals surface area contributed by atoms with Crippen LogP contribution in [0.1, 0.15) is 25.7 Å². The molecule has 1 amide bonds. The summed E-state index contributed by atoms with van der Waals surface area (Å²) in [4.78, 5) is 13.4. The largest absolute Gasteiger partial charge is 0.342 e. The van der Waals surface area contributed by atoms with Crippen molar-refractivity contribution < 1.29 is 4.79 Å². The Morgan fingerprint density at radius 2 is 2.08 bits per heavy atom. The minimum absolute atomic E-state index is 0.286. The molecular formula is C9H17NOS. The zero-order valence-corrected chi connectivity index (χ0v) is 8.69. The van der Waals surface area contributed by atoms with E-state index in [0.717, 1.165) is 0 Å². The van der Waals surface area contributed by atoms with Crippen molar-refractivity contribution in [1.29, 1.82) is 0 Å².